The summed E-state index contributed by atoms with van der Waals surface area (Å²) >= 11 is 0. The molecule has 0 spiro atoms. The number of azo groups is 1. The van der Waals surface area contributed by atoms with E-state index < -0.39 is 11.8 Å². The van der Waals surface area contributed by atoms with Gasteiger partial charge in [-0.15, -0.1) is 5.11 Å². The van der Waals surface area contributed by atoms with Gasteiger partial charge in [0.25, 0.3) is 5.91 Å². The zero-order valence-electron chi connectivity index (χ0n) is 18.5. The highest BCUT2D eigenvalue weighted by molar-refractivity contribution is 6.02. The van der Waals surface area contributed by atoms with Gasteiger partial charge in [0.15, 0.2) is 5.76 Å². The summed E-state index contributed by atoms with van der Waals surface area (Å²) in [4.78, 5) is 24.7. The Bertz CT molecular complexity index is 1350. The van der Waals surface area contributed by atoms with Gasteiger partial charge in [-0.2, -0.15) is 0 Å². The van der Waals surface area contributed by atoms with Crippen molar-refractivity contribution in [3.63, 3.8) is 0 Å². The van der Waals surface area contributed by atoms with Crippen LogP contribution in [0.2, 0.25) is 0 Å². The maximum Gasteiger partial charge on any atom is 0.331 e. The molecule has 174 valence electrons. The Labute approximate surface area is 194 Å². The second-order valence-corrected chi connectivity index (χ2v) is 7.59. The fourth-order valence-corrected chi connectivity index (χ4v) is 3.42. The summed E-state index contributed by atoms with van der Waals surface area (Å²) in [7, 11) is 0. The van der Waals surface area contributed by atoms with Crippen molar-refractivity contribution < 1.29 is 29.0 Å². The molecule has 0 aliphatic carbocycles. The first-order valence-electron chi connectivity index (χ1n) is 10.8. The zero-order valence-corrected chi connectivity index (χ0v) is 18.5. The third-order valence-corrected chi connectivity index (χ3v) is 5.22. The molecule has 2 heterocycles. The number of para-hydroxylation sites is 1. The van der Waals surface area contributed by atoms with Gasteiger partial charge in [-0.05, 0) is 48.9 Å². The van der Waals surface area contributed by atoms with E-state index in [-0.39, 0.29) is 29.7 Å². The van der Waals surface area contributed by atoms with Crippen molar-refractivity contribution in [2.75, 3.05) is 0 Å². The Morgan fingerprint density at radius 1 is 0.941 bits per heavy atom. The Hall–Kier alpha value is -4.40. The number of fused-ring (bicyclic) bond motifs is 1. The lowest BCUT2D eigenvalue weighted by Crippen LogP contribution is -1.97. The number of rotatable bonds is 8. The first-order chi connectivity index (χ1) is 16.5. The SMILES string of the molecule is CCCCn1c(O)c2ccc(C(=O)N=NC(=O)c3ccc(COc4ccccc4)o3)cc2c1O. The van der Waals surface area contributed by atoms with Crippen LogP contribution in [-0.2, 0) is 13.2 Å². The van der Waals surface area contributed by atoms with Crippen molar-refractivity contribution >= 4 is 22.6 Å². The second-order valence-electron chi connectivity index (χ2n) is 7.59. The first-order valence-corrected chi connectivity index (χ1v) is 10.8. The van der Waals surface area contributed by atoms with E-state index in [1.54, 1.807) is 18.2 Å². The lowest BCUT2D eigenvalue weighted by molar-refractivity contribution is 0.0929. The molecule has 0 radical (unpaired) electrons. The molecule has 0 saturated heterocycles. The summed E-state index contributed by atoms with van der Waals surface area (Å²) in [6, 6.07) is 16.5. The van der Waals surface area contributed by atoms with E-state index >= 15 is 0 Å². The molecule has 0 saturated carbocycles. The monoisotopic (exact) mass is 461 g/mol. The van der Waals surface area contributed by atoms with Crippen LogP contribution in [0, 0.1) is 0 Å². The van der Waals surface area contributed by atoms with Gasteiger partial charge in [-0.1, -0.05) is 36.7 Å². The average Bonchev–Trinajstić information content (AvgIpc) is 3.43. The van der Waals surface area contributed by atoms with E-state index in [9.17, 15) is 19.8 Å². The molecule has 0 atom stereocenters. The molecule has 2 aromatic carbocycles. The van der Waals surface area contributed by atoms with E-state index in [4.69, 9.17) is 9.15 Å². The van der Waals surface area contributed by atoms with Crippen molar-refractivity contribution in [3.05, 3.63) is 77.7 Å². The highest BCUT2D eigenvalue weighted by Crippen LogP contribution is 2.37. The molecule has 9 nitrogen and oxygen atoms in total. The number of furan rings is 1. The van der Waals surface area contributed by atoms with Crippen LogP contribution in [0.25, 0.3) is 10.8 Å². The topological polar surface area (TPSA) is 127 Å². The van der Waals surface area contributed by atoms with Crippen LogP contribution < -0.4 is 4.74 Å². The van der Waals surface area contributed by atoms with Gasteiger partial charge >= 0.3 is 5.91 Å². The van der Waals surface area contributed by atoms with Gasteiger partial charge in [0, 0.05) is 22.9 Å². The van der Waals surface area contributed by atoms with Crippen LogP contribution >= 0.6 is 0 Å². The van der Waals surface area contributed by atoms with Crippen LogP contribution in [0.3, 0.4) is 0 Å². The zero-order chi connectivity index (χ0) is 24.1. The smallest absolute Gasteiger partial charge is 0.331 e. The van der Waals surface area contributed by atoms with Crippen LogP contribution in [0.5, 0.6) is 17.5 Å². The van der Waals surface area contributed by atoms with E-state index in [0.717, 1.165) is 12.8 Å². The maximum absolute atomic E-state index is 12.4. The third-order valence-electron chi connectivity index (χ3n) is 5.22. The maximum atomic E-state index is 12.4. The molecule has 4 aromatic rings. The highest BCUT2D eigenvalue weighted by atomic mass is 16.5. The lowest BCUT2D eigenvalue weighted by atomic mass is 10.1. The fourth-order valence-electron chi connectivity index (χ4n) is 3.42. The molecule has 2 N–H and O–H groups in total. The summed E-state index contributed by atoms with van der Waals surface area (Å²) in [5, 5.41) is 28.5. The molecule has 0 aliphatic heterocycles. The minimum atomic E-state index is -0.813. The molecule has 0 fully saturated rings. The summed E-state index contributed by atoms with van der Waals surface area (Å²) in [6.07, 6.45) is 1.67. The van der Waals surface area contributed by atoms with Crippen molar-refractivity contribution in [1.29, 1.82) is 0 Å². The second kappa shape index (κ2) is 10.0. The van der Waals surface area contributed by atoms with E-state index in [0.29, 0.717) is 28.8 Å². The van der Waals surface area contributed by atoms with Gasteiger partial charge < -0.3 is 19.4 Å². The highest BCUT2D eigenvalue weighted by Gasteiger charge is 2.18. The largest absolute Gasteiger partial charge is 0.494 e. The van der Waals surface area contributed by atoms with E-state index in [1.807, 2.05) is 25.1 Å². The molecule has 34 heavy (non-hydrogen) atoms. The van der Waals surface area contributed by atoms with Gasteiger partial charge in [-0.25, -0.2) is 0 Å². The molecule has 0 aliphatic rings. The number of nitrogens with zero attached hydrogens (tertiary/aromatic N) is 3. The van der Waals surface area contributed by atoms with Crippen molar-refractivity contribution in [2.45, 2.75) is 32.9 Å². The standard InChI is InChI=1S/C25H23N3O6/c1-2-3-13-28-24(31)19-11-9-16(14-20(19)25(28)32)22(29)26-27-23(30)21-12-10-18(34-21)15-33-17-7-5-4-6-8-17/h4-12,14,31-32H,2-3,13,15H2,1H3. The molecule has 2 amide bonds. The Morgan fingerprint density at radius 2 is 1.68 bits per heavy atom. The number of carbonyl (C=O) groups is 2. The summed E-state index contributed by atoms with van der Waals surface area (Å²) < 4.78 is 12.4. The Morgan fingerprint density at radius 3 is 2.44 bits per heavy atom. The van der Waals surface area contributed by atoms with Gasteiger partial charge in [-0.3, -0.25) is 14.2 Å². The van der Waals surface area contributed by atoms with Crippen molar-refractivity contribution in [1.82, 2.24) is 4.57 Å². The molecule has 4 rings (SSSR count). The average molecular weight is 461 g/mol. The van der Waals surface area contributed by atoms with Crippen molar-refractivity contribution in [3.8, 4) is 17.5 Å². The number of hydrogen-bond donors (Lipinski definition) is 2. The normalized spacial score (nSPS) is 11.3. The van der Waals surface area contributed by atoms with Crippen LogP contribution in [0.1, 0.15) is 46.4 Å². The van der Waals surface area contributed by atoms with Crippen LogP contribution in [0.4, 0.5) is 0 Å². The predicted molar refractivity (Wildman–Crippen MR) is 123 cm³/mol. The Balaban J connectivity index is 1.43. The molecule has 2 aromatic heterocycles. The number of amides is 2. The first kappa shape index (κ1) is 22.8. The molecular weight excluding hydrogens is 438 g/mol. The van der Waals surface area contributed by atoms with Gasteiger partial charge in [0.05, 0.1) is 0 Å². The van der Waals surface area contributed by atoms with E-state index in [1.165, 1.54) is 28.8 Å². The Kier molecular flexibility index (Phi) is 6.72. The quantitative estimate of drug-likeness (QED) is 0.336. The number of benzene rings is 2. The molecule has 9 heteroatoms. The fraction of sp³-hybridized carbons (Fsp3) is 0.200. The number of hydrogen-bond acceptors (Lipinski definition) is 6. The summed E-state index contributed by atoms with van der Waals surface area (Å²) in [5.41, 5.74) is 0.114. The summed E-state index contributed by atoms with van der Waals surface area (Å²) in [5.74, 6) is -0.780. The summed E-state index contributed by atoms with van der Waals surface area (Å²) in [6.45, 7) is 2.58. The molecule has 0 unspecified atom stereocenters. The van der Waals surface area contributed by atoms with Gasteiger partial charge in [0.1, 0.15) is 18.1 Å². The third kappa shape index (κ3) is 4.83. The number of ether oxygens (including phenoxy) is 1. The lowest BCUT2D eigenvalue weighted by Gasteiger charge is -2.04. The minimum absolute atomic E-state index is 0.0679. The van der Waals surface area contributed by atoms with Crippen LogP contribution in [0.15, 0.2) is 75.3 Å². The number of unbranched alkanes of at least 4 members (excludes halogenated alkanes) is 1. The van der Waals surface area contributed by atoms with Gasteiger partial charge in [0.2, 0.25) is 11.8 Å². The van der Waals surface area contributed by atoms with Crippen molar-refractivity contribution in [2.24, 2.45) is 10.2 Å². The minimum Gasteiger partial charge on any atom is -0.494 e. The molecule has 0 bridgehead atoms. The van der Waals surface area contributed by atoms with E-state index in [2.05, 4.69) is 10.2 Å². The number of aromatic nitrogens is 1. The molecular formula is C25H23N3O6. The number of aromatic hydroxyl groups is 2. The number of carbonyl (C=O) groups excluding carboxylic acids is 2. The van der Waals surface area contributed by atoms with Crippen LogP contribution in [-0.4, -0.2) is 26.6 Å². The predicted octanol–water partition coefficient (Wildman–Crippen LogP) is 5.46.